The van der Waals surface area contributed by atoms with Crippen molar-refractivity contribution < 1.29 is 14.3 Å². The van der Waals surface area contributed by atoms with Crippen LogP contribution in [-0.2, 0) is 4.79 Å². The number of rotatable bonds is 6. The van der Waals surface area contributed by atoms with E-state index >= 15 is 0 Å². The average Bonchev–Trinajstić information content (AvgIpc) is 2.66. The second kappa shape index (κ2) is 8.44. The lowest BCUT2D eigenvalue weighted by Crippen LogP contribution is -2.50. The average molecular weight is 387 g/mol. The number of nitrogens with zero attached hydrogens (tertiary/aromatic N) is 1. The molecule has 1 saturated heterocycles. The van der Waals surface area contributed by atoms with E-state index in [1.165, 1.54) is 0 Å². The normalized spacial score (nSPS) is 19.5. The quantitative estimate of drug-likeness (QED) is 0.825. The van der Waals surface area contributed by atoms with Crippen molar-refractivity contribution in [1.29, 1.82) is 0 Å². The molecule has 2 N–H and O–H groups in total. The van der Waals surface area contributed by atoms with Crippen molar-refractivity contribution >= 4 is 23.4 Å². The van der Waals surface area contributed by atoms with Crippen LogP contribution in [0.3, 0.4) is 0 Å². The number of carbonyl (C=O) groups excluding carboxylic acids is 2. The Balaban J connectivity index is 1.77. The number of likely N-dealkylation sites (tertiary alicyclic amines) is 1. The molecule has 5 nitrogen and oxygen atoms in total. The van der Waals surface area contributed by atoms with Gasteiger partial charge in [-0.3, -0.25) is 9.59 Å². The number of hydrogen-bond acceptors (Lipinski definition) is 3. The molecule has 2 aromatic carbocycles. The zero-order chi connectivity index (χ0) is 19.3. The minimum absolute atomic E-state index is 0.0919. The molecule has 2 aromatic rings. The Morgan fingerprint density at radius 3 is 2.63 bits per heavy atom. The lowest BCUT2D eigenvalue weighted by Gasteiger charge is -2.42. The molecule has 0 spiro atoms. The van der Waals surface area contributed by atoms with Crippen molar-refractivity contribution in [2.24, 2.45) is 11.1 Å². The Morgan fingerprint density at radius 2 is 1.93 bits per heavy atom. The molecule has 27 heavy (non-hydrogen) atoms. The summed E-state index contributed by atoms with van der Waals surface area (Å²) < 4.78 is 5.94. The Bertz CT molecular complexity index is 812. The summed E-state index contributed by atoms with van der Waals surface area (Å²) in [4.78, 5) is 26.4. The van der Waals surface area contributed by atoms with Gasteiger partial charge in [-0.25, -0.2) is 0 Å². The number of hydrogen-bond donors (Lipinski definition) is 1. The molecule has 0 aliphatic carbocycles. The molecule has 142 valence electrons. The number of carbonyl (C=O) groups is 2. The van der Waals surface area contributed by atoms with E-state index in [0.29, 0.717) is 30.3 Å². The number of ether oxygens (including phenoxy) is 1. The highest BCUT2D eigenvalue weighted by Gasteiger charge is 2.39. The van der Waals surface area contributed by atoms with Crippen molar-refractivity contribution in [2.45, 2.75) is 19.3 Å². The van der Waals surface area contributed by atoms with Gasteiger partial charge in [0.05, 0.1) is 6.61 Å². The van der Waals surface area contributed by atoms with Gasteiger partial charge in [0.2, 0.25) is 5.91 Å². The van der Waals surface area contributed by atoms with E-state index in [1.54, 1.807) is 29.2 Å². The maximum Gasteiger partial charge on any atom is 0.253 e. The minimum Gasteiger partial charge on any atom is -0.493 e. The number of para-hydroxylation sites is 1. The first-order valence-corrected chi connectivity index (χ1v) is 9.36. The summed E-state index contributed by atoms with van der Waals surface area (Å²) in [6, 6.07) is 16.4. The van der Waals surface area contributed by atoms with Crippen molar-refractivity contribution in [3.8, 4) is 5.75 Å². The molecule has 1 aliphatic heterocycles. The van der Waals surface area contributed by atoms with E-state index in [9.17, 15) is 9.59 Å². The SMILES string of the molecule is NC(=O)C[C@]1(COc2ccccc2)CCCN(C(=O)c2cccc(Cl)c2)C1. The summed E-state index contributed by atoms with van der Waals surface area (Å²) in [5.41, 5.74) is 5.57. The number of halogens is 1. The molecule has 0 aromatic heterocycles. The number of primary amides is 1. The van der Waals surface area contributed by atoms with Crippen LogP contribution in [-0.4, -0.2) is 36.4 Å². The first kappa shape index (κ1) is 19.2. The predicted molar refractivity (Wildman–Crippen MR) is 105 cm³/mol. The fourth-order valence-corrected chi connectivity index (χ4v) is 3.81. The van der Waals surface area contributed by atoms with Crippen LogP contribution >= 0.6 is 11.6 Å². The third-order valence-corrected chi connectivity index (χ3v) is 5.09. The van der Waals surface area contributed by atoms with E-state index in [-0.39, 0.29) is 18.2 Å². The summed E-state index contributed by atoms with van der Waals surface area (Å²) in [5.74, 6) is 0.258. The molecule has 2 amide bonds. The summed E-state index contributed by atoms with van der Waals surface area (Å²) in [7, 11) is 0. The van der Waals surface area contributed by atoms with Gasteiger partial charge in [-0.1, -0.05) is 35.9 Å². The Labute approximate surface area is 164 Å². The summed E-state index contributed by atoms with van der Waals surface area (Å²) >= 11 is 6.02. The Hall–Kier alpha value is -2.53. The van der Waals surface area contributed by atoms with Crippen LogP contribution < -0.4 is 10.5 Å². The summed E-state index contributed by atoms with van der Waals surface area (Å²) in [6.45, 7) is 1.39. The monoisotopic (exact) mass is 386 g/mol. The van der Waals surface area contributed by atoms with Crippen LogP contribution in [0.4, 0.5) is 0 Å². The molecule has 1 atom stereocenters. The van der Waals surface area contributed by atoms with E-state index in [0.717, 1.165) is 18.6 Å². The van der Waals surface area contributed by atoms with Crippen molar-refractivity contribution in [1.82, 2.24) is 4.90 Å². The second-order valence-corrected chi connectivity index (χ2v) is 7.52. The van der Waals surface area contributed by atoms with Crippen LogP contribution in [0.5, 0.6) is 5.75 Å². The highest BCUT2D eigenvalue weighted by Crippen LogP contribution is 2.35. The van der Waals surface area contributed by atoms with Crippen LogP contribution in [0.25, 0.3) is 0 Å². The zero-order valence-corrected chi connectivity index (χ0v) is 15.8. The highest BCUT2D eigenvalue weighted by atomic mass is 35.5. The van der Waals surface area contributed by atoms with Gasteiger partial charge in [0, 0.05) is 35.5 Å². The number of benzene rings is 2. The molecule has 0 unspecified atom stereocenters. The standard InChI is InChI=1S/C21H23ClN2O3/c22-17-7-4-6-16(12-17)20(26)24-11-5-10-21(14-24,13-19(23)25)15-27-18-8-2-1-3-9-18/h1-4,6-9,12H,5,10-11,13-15H2,(H2,23,25)/t21-/m1/s1. The highest BCUT2D eigenvalue weighted by molar-refractivity contribution is 6.30. The first-order valence-electron chi connectivity index (χ1n) is 8.98. The molecule has 3 rings (SSSR count). The third kappa shape index (κ3) is 5.01. The van der Waals surface area contributed by atoms with E-state index in [2.05, 4.69) is 0 Å². The van der Waals surface area contributed by atoms with Gasteiger partial charge in [0.15, 0.2) is 0 Å². The fourth-order valence-electron chi connectivity index (χ4n) is 3.62. The molecular weight excluding hydrogens is 364 g/mol. The van der Waals surface area contributed by atoms with Gasteiger partial charge >= 0.3 is 0 Å². The molecule has 1 fully saturated rings. The third-order valence-electron chi connectivity index (χ3n) is 4.86. The van der Waals surface area contributed by atoms with Gasteiger partial charge in [-0.2, -0.15) is 0 Å². The molecule has 0 saturated carbocycles. The van der Waals surface area contributed by atoms with Gasteiger partial charge in [0.1, 0.15) is 5.75 Å². The summed E-state index contributed by atoms with van der Waals surface area (Å²) in [5, 5.41) is 0.522. The van der Waals surface area contributed by atoms with E-state index in [1.807, 2.05) is 30.3 Å². The number of nitrogens with two attached hydrogens (primary N) is 1. The molecule has 1 aliphatic rings. The number of piperidine rings is 1. The van der Waals surface area contributed by atoms with Crippen molar-refractivity contribution in [3.05, 3.63) is 65.2 Å². The topological polar surface area (TPSA) is 72.6 Å². The first-order chi connectivity index (χ1) is 13.0. The smallest absolute Gasteiger partial charge is 0.253 e. The molecule has 1 heterocycles. The van der Waals surface area contributed by atoms with Crippen LogP contribution in [0.1, 0.15) is 29.6 Å². The van der Waals surface area contributed by atoms with E-state index < -0.39 is 5.41 Å². The Morgan fingerprint density at radius 1 is 1.15 bits per heavy atom. The fraction of sp³-hybridized carbons (Fsp3) is 0.333. The second-order valence-electron chi connectivity index (χ2n) is 7.09. The molecule has 6 heteroatoms. The van der Waals surface area contributed by atoms with Crippen LogP contribution in [0, 0.1) is 5.41 Å². The maximum atomic E-state index is 12.9. The number of amides is 2. The lowest BCUT2D eigenvalue weighted by molar-refractivity contribution is -0.122. The largest absolute Gasteiger partial charge is 0.493 e. The van der Waals surface area contributed by atoms with Gasteiger partial charge in [-0.05, 0) is 43.2 Å². The molecular formula is C21H23ClN2O3. The van der Waals surface area contributed by atoms with Gasteiger partial charge in [0.25, 0.3) is 5.91 Å². The zero-order valence-electron chi connectivity index (χ0n) is 15.1. The Kier molecular flexibility index (Phi) is 6.01. The minimum atomic E-state index is -0.492. The molecule has 0 bridgehead atoms. The molecule has 0 radical (unpaired) electrons. The lowest BCUT2D eigenvalue weighted by atomic mass is 9.77. The van der Waals surface area contributed by atoms with Crippen molar-refractivity contribution in [2.75, 3.05) is 19.7 Å². The maximum absolute atomic E-state index is 12.9. The van der Waals surface area contributed by atoms with Gasteiger partial charge < -0.3 is 15.4 Å². The van der Waals surface area contributed by atoms with E-state index in [4.69, 9.17) is 22.1 Å². The van der Waals surface area contributed by atoms with Crippen molar-refractivity contribution in [3.63, 3.8) is 0 Å². The summed E-state index contributed by atoms with van der Waals surface area (Å²) in [6.07, 6.45) is 1.75. The van der Waals surface area contributed by atoms with Crippen LogP contribution in [0.2, 0.25) is 5.02 Å². The van der Waals surface area contributed by atoms with Gasteiger partial charge in [-0.15, -0.1) is 0 Å². The van der Waals surface area contributed by atoms with Crippen LogP contribution in [0.15, 0.2) is 54.6 Å². The predicted octanol–water partition coefficient (Wildman–Crippen LogP) is 3.52.